The second-order valence-corrected chi connectivity index (χ2v) is 10.2. The Morgan fingerprint density at radius 2 is 1.81 bits per heavy atom. The van der Waals surface area contributed by atoms with Gasteiger partial charge in [-0.25, -0.2) is 4.79 Å². The zero-order valence-electron chi connectivity index (χ0n) is 21.2. The van der Waals surface area contributed by atoms with Gasteiger partial charge in [0.15, 0.2) is 0 Å². The molecule has 0 aliphatic carbocycles. The molecule has 2 aromatic heterocycles. The smallest absolute Gasteiger partial charge is 0.390 e. The Hall–Kier alpha value is -3.50. The first kappa shape index (κ1) is 25.2. The van der Waals surface area contributed by atoms with Gasteiger partial charge in [0, 0.05) is 55.2 Å². The number of hydrogen-bond acceptors (Lipinski definition) is 7. The molecule has 2 aliphatic heterocycles. The highest BCUT2D eigenvalue weighted by Crippen LogP contribution is 2.36. The second kappa shape index (κ2) is 10.9. The van der Waals surface area contributed by atoms with Crippen LogP contribution in [0.4, 0.5) is 4.79 Å². The van der Waals surface area contributed by atoms with E-state index in [0.717, 1.165) is 36.6 Å². The minimum atomic E-state index is -0.673. The standard InChI is InChI=1S/C27H34N6O4/c1-17(2)33-24-6-4-3-5-23(24)26(31-33)37-27(36)30-19-13-20-7-8-21(14-19)32(20)16-22(34)15-29-25(35)18-9-11-28-12-10-18/h3-6,9-12,17,19-22,34H,7-8,13-16H2,1-2H3,(H,29,35)(H,30,36)/t19?,20-,21+,22?. The number of benzene rings is 1. The van der Waals surface area contributed by atoms with Crippen LogP contribution in [0.3, 0.4) is 0 Å². The van der Waals surface area contributed by atoms with Crippen LogP contribution in [0.15, 0.2) is 48.8 Å². The molecular formula is C27H34N6O4. The number of hydrogen-bond donors (Lipinski definition) is 3. The number of aliphatic hydroxyl groups excluding tert-OH is 1. The van der Waals surface area contributed by atoms with E-state index in [0.29, 0.717) is 18.0 Å². The average Bonchev–Trinajstić information content (AvgIpc) is 3.36. The third-order valence-electron chi connectivity index (χ3n) is 7.33. The fourth-order valence-corrected chi connectivity index (χ4v) is 5.63. The van der Waals surface area contributed by atoms with E-state index in [1.807, 2.05) is 42.8 Å². The van der Waals surface area contributed by atoms with E-state index in [1.54, 1.807) is 24.5 Å². The Bertz CT molecular complexity index is 1230. The Labute approximate surface area is 216 Å². The summed E-state index contributed by atoms with van der Waals surface area (Å²) in [6, 6.07) is 11.7. The third kappa shape index (κ3) is 5.60. The Morgan fingerprint density at radius 1 is 1.11 bits per heavy atom. The molecule has 4 heterocycles. The van der Waals surface area contributed by atoms with Gasteiger partial charge in [0.1, 0.15) is 0 Å². The number of carbonyl (C=O) groups excluding carboxylic acids is 2. The second-order valence-electron chi connectivity index (χ2n) is 10.2. The van der Waals surface area contributed by atoms with Crippen molar-refractivity contribution in [2.45, 2.75) is 69.8 Å². The van der Waals surface area contributed by atoms with Gasteiger partial charge in [0.05, 0.1) is 17.0 Å². The number of para-hydroxylation sites is 1. The van der Waals surface area contributed by atoms with Crippen LogP contribution in [0.2, 0.25) is 0 Å². The topological polar surface area (TPSA) is 122 Å². The molecule has 2 fully saturated rings. The quantitative estimate of drug-likeness (QED) is 0.429. The van der Waals surface area contributed by atoms with Gasteiger partial charge < -0.3 is 20.5 Å². The first-order chi connectivity index (χ1) is 17.9. The predicted molar refractivity (Wildman–Crippen MR) is 138 cm³/mol. The van der Waals surface area contributed by atoms with Crippen molar-refractivity contribution in [3.63, 3.8) is 0 Å². The number of piperidine rings is 1. The van der Waals surface area contributed by atoms with Crippen LogP contribution < -0.4 is 15.4 Å². The van der Waals surface area contributed by atoms with Crippen LogP contribution in [-0.4, -0.2) is 74.1 Å². The van der Waals surface area contributed by atoms with Crippen molar-refractivity contribution in [2.24, 2.45) is 0 Å². The van der Waals surface area contributed by atoms with E-state index in [-0.39, 0.29) is 36.6 Å². The number of aliphatic hydroxyl groups is 1. The molecule has 2 bridgehead atoms. The minimum Gasteiger partial charge on any atom is -0.390 e. The van der Waals surface area contributed by atoms with Gasteiger partial charge in [-0.2, -0.15) is 0 Å². The first-order valence-electron chi connectivity index (χ1n) is 13.0. The normalized spacial score (nSPS) is 22.2. The van der Waals surface area contributed by atoms with Crippen LogP contribution in [0.1, 0.15) is 55.9 Å². The molecule has 37 heavy (non-hydrogen) atoms. The van der Waals surface area contributed by atoms with Gasteiger partial charge in [0.25, 0.3) is 11.8 Å². The summed E-state index contributed by atoms with van der Waals surface area (Å²) in [6.45, 7) is 4.75. The SMILES string of the molecule is CC(C)n1nc(OC(=O)NC2C[C@H]3CC[C@@H](C2)N3CC(O)CNC(=O)c2ccncc2)c2ccccc21. The number of ether oxygens (including phenoxy) is 1. The zero-order chi connectivity index (χ0) is 25.9. The largest absolute Gasteiger partial charge is 0.414 e. The van der Waals surface area contributed by atoms with Crippen molar-refractivity contribution in [1.82, 2.24) is 30.3 Å². The number of amides is 2. The molecule has 2 aliphatic rings. The first-order valence-corrected chi connectivity index (χ1v) is 13.0. The van der Waals surface area contributed by atoms with E-state index >= 15 is 0 Å². The van der Waals surface area contributed by atoms with Gasteiger partial charge in [0.2, 0.25) is 0 Å². The predicted octanol–water partition coefficient (Wildman–Crippen LogP) is 2.89. The summed E-state index contributed by atoms with van der Waals surface area (Å²) >= 11 is 0. The number of nitrogens with zero attached hydrogens (tertiary/aromatic N) is 4. The highest BCUT2D eigenvalue weighted by Gasteiger charge is 2.41. The lowest BCUT2D eigenvalue weighted by atomic mass is 9.97. The molecule has 196 valence electrons. The summed E-state index contributed by atoms with van der Waals surface area (Å²) in [7, 11) is 0. The molecule has 10 nitrogen and oxygen atoms in total. The van der Waals surface area contributed by atoms with Crippen molar-refractivity contribution in [3.8, 4) is 5.88 Å². The summed E-state index contributed by atoms with van der Waals surface area (Å²) in [5.74, 6) is 0.0935. The summed E-state index contributed by atoms with van der Waals surface area (Å²) in [5, 5.41) is 21.8. The molecular weight excluding hydrogens is 472 g/mol. The number of pyridine rings is 1. The van der Waals surface area contributed by atoms with Crippen LogP contribution in [0.5, 0.6) is 5.88 Å². The maximum absolute atomic E-state index is 12.8. The molecule has 3 aromatic rings. The lowest BCUT2D eigenvalue weighted by molar-refractivity contribution is 0.0511. The van der Waals surface area contributed by atoms with Gasteiger partial charge in [-0.05, 0) is 63.8 Å². The molecule has 5 rings (SSSR count). The summed E-state index contributed by atoms with van der Waals surface area (Å²) in [6.07, 6.45) is 5.61. The van der Waals surface area contributed by atoms with Crippen molar-refractivity contribution in [2.75, 3.05) is 13.1 Å². The van der Waals surface area contributed by atoms with E-state index < -0.39 is 12.2 Å². The van der Waals surface area contributed by atoms with Gasteiger partial charge in [-0.15, -0.1) is 5.10 Å². The Morgan fingerprint density at radius 3 is 2.51 bits per heavy atom. The van der Waals surface area contributed by atoms with Gasteiger partial charge in [-0.3, -0.25) is 19.4 Å². The molecule has 0 spiro atoms. The number of fused-ring (bicyclic) bond motifs is 3. The maximum Gasteiger partial charge on any atom is 0.414 e. The lowest BCUT2D eigenvalue weighted by Crippen LogP contribution is -2.53. The van der Waals surface area contributed by atoms with Crippen LogP contribution in [-0.2, 0) is 0 Å². The summed E-state index contributed by atoms with van der Waals surface area (Å²) in [4.78, 5) is 31.3. The van der Waals surface area contributed by atoms with Crippen molar-refractivity contribution in [1.29, 1.82) is 0 Å². The van der Waals surface area contributed by atoms with Crippen LogP contribution in [0, 0.1) is 0 Å². The fourth-order valence-electron chi connectivity index (χ4n) is 5.63. The number of carbonyl (C=O) groups is 2. The Balaban J connectivity index is 1.13. The van der Waals surface area contributed by atoms with E-state index in [2.05, 4.69) is 25.6 Å². The molecule has 3 N–H and O–H groups in total. The number of aromatic nitrogens is 3. The minimum absolute atomic E-state index is 0.00299. The van der Waals surface area contributed by atoms with Gasteiger partial charge in [-0.1, -0.05) is 12.1 Å². The lowest BCUT2D eigenvalue weighted by Gasteiger charge is -2.39. The van der Waals surface area contributed by atoms with Crippen LogP contribution >= 0.6 is 0 Å². The molecule has 4 atom stereocenters. The summed E-state index contributed by atoms with van der Waals surface area (Å²) < 4.78 is 7.52. The van der Waals surface area contributed by atoms with Crippen LogP contribution in [0.25, 0.3) is 10.9 Å². The van der Waals surface area contributed by atoms with Crippen molar-refractivity contribution < 1.29 is 19.4 Å². The van der Waals surface area contributed by atoms with Gasteiger partial charge >= 0.3 is 6.09 Å². The number of nitrogens with one attached hydrogen (secondary N) is 2. The molecule has 10 heteroatoms. The monoisotopic (exact) mass is 506 g/mol. The van der Waals surface area contributed by atoms with E-state index in [1.165, 1.54) is 0 Å². The third-order valence-corrected chi connectivity index (χ3v) is 7.33. The maximum atomic E-state index is 12.8. The molecule has 0 saturated carbocycles. The zero-order valence-corrected chi connectivity index (χ0v) is 21.2. The Kier molecular flexibility index (Phi) is 7.38. The average molecular weight is 507 g/mol. The molecule has 1 aromatic carbocycles. The van der Waals surface area contributed by atoms with Crippen molar-refractivity contribution in [3.05, 3.63) is 54.4 Å². The highest BCUT2D eigenvalue weighted by atomic mass is 16.6. The van der Waals surface area contributed by atoms with Crippen molar-refractivity contribution >= 4 is 22.9 Å². The summed E-state index contributed by atoms with van der Waals surface area (Å²) in [5.41, 5.74) is 1.45. The molecule has 0 radical (unpaired) electrons. The van der Waals surface area contributed by atoms with E-state index in [4.69, 9.17) is 4.74 Å². The van der Waals surface area contributed by atoms with E-state index in [9.17, 15) is 14.7 Å². The molecule has 2 amide bonds. The molecule has 2 unspecified atom stereocenters. The molecule has 2 saturated heterocycles. The number of rotatable bonds is 8. The highest BCUT2D eigenvalue weighted by molar-refractivity contribution is 5.94. The fraction of sp³-hybridized carbons (Fsp3) is 0.481.